The molecular formula is C16H17N3O5. The van der Waals surface area contributed by atoms with Crippen molar-refractivity contribution in [1.29, 1.82) is 0 Å². The van der Waals surface area contributed by atoms with Crippen molar-refractivity contribution in [3.8, 4) is 0 Å². The Morgan fingerprint density at radius 1 is 1.42 bits per heavy atom. The summed E-state index contributed by atoms with van der Waals surface area (Å²) in [6, 6.07) is 7.79. The molecule has 24 heavy (non-hydrogen) atoms. The molecule has 1 saturated carbocycles. The van der Waals surface area contributed by atoms with Crippen molar-refractivity contribution in [2.45, 2.75) is 25.0 Å². The van der Waals surface area contributed by atoms with Crippen molar-refractivity contribution < 1.29 is 19.2 Å². The lowest BCUT2D eigenvalue weighted by Crippen LogP contribution is -2.28. The van der Waals surface area contributed by atoms with Crippen LogP contribution in [0.2, 0.25) is 0 Å². The molecule has 3 rings (SSSR count). The second-order valence-electron chi connectivity index (χ2n) is 5.65. The smallest absolute Gasteiger partial charge is 0.293 e. The van der Waals surface area contributed by atoms with Crippen LogP contribution in [0.4, 0.5) is 11.4 Å². The van der Waals surface area contributed by atoms with Crippen LogP contribution in [0.1, 0.15) is 35.1 Å². The summed E-state index contributed by atoms with van der Waals surface area (Å²) in [5, 5.41) is 26.7. The van der Waals surface area contributed by atoms with Crippen molar-refractivity contribution in [1.82, 2.24) is 5.32 Å². The number of carbonyl (C=O) groups is 1. The minimum absolute atomic E-state index is 0.0534. The standard InChI is InChI=1S/C16H17N3O5/c20-14(15-2-1-7-24-15)9-17-16(21)10-3-6-12(18-11-4-5-11)13(8-10)19(22)23/h1-3,6-8,11,14,18,20H,4-5,9H2,(H,17,21). The van der Waals surface area contributed by atoms with Gasteiger partial charge in [-0.1, -0.05) is 0 Å². The third-order valence-electron chi connectivity index (χ3n) is 3.72. The van der Waals surface area contributed by atoms with E-state index in [-0.39, 0.29) is 23.8 Å². The van der Waals surface area contributed by atoms with Gasteiger partial charge in [-0.05, 0) is 37.1 Å². The third-order valence-corrected chi connectivity index (χ3v) is 3.72. The molecule has 0 bridgehead atoms. The average molecular weight is 331 g/mol. The van der Waals surface area contributed by atoms with Gasteiger partial charge >= 0.3 is 0 Å². The average Bonchev–Trinajstić information content (AvgIpc) is 3.21. The predicted octanol–water partition coefficient (Wildman–Crippen LogP) is 2.23. The second-order valence-corrected chi connectivity index (χ2v) is 5.65. The highest BCUT2D eigenvalue weighted by atomic mass is 16.6. The highest BCUT2D eigenvalue weighted by Gasteiger charge is 2.25. The van der Waals surface area contributed by atoms with E-state index in [1.165, 1.54) is 24.5 Å². The summed E-state index contributed by atoms with van der Waals surface area (Å²) in [5.74, 6) is -0.160. The molecule has 0 saturated heterocycles. The van der Waals surface area contributed by atoms with E-state index in [4.69, 9.17) is 4.42 Å². The molecule has 1 atom stereocenters. The van der Waals surface area contributed by atoms with Crippen LogP contribution < -0.4 is 10.6 Å². The number of anilines is 1. The first-order valence-electron chi connectivity index (χ1n) is 7.59. The number of nitro groups is 1. The molecule has 1 heterocycles. The van der Waals surface area contributed by atoms with E-state index in [0.717, 1.165) is 12.8 Å². The number of benzene rings is 1. The molecule has 1 fully saturated rings. The fraction of sp³-hybridized carbons (Fsp3) is 0.312. The molecule has 2 aromatic rings. The van der Waals surface area contributed by atoms with Crippen LogP contribution in [-0.2, 0) is 0 Å². The number of nitro benzene ring substituents is 1. The summed E-state index contributed by atoms with van der Waals surface area (Å²) in [4.78, 5) is 22.8. The lowest BCUT2D eigenvalue weighted by Gasteiger charge is -2.11. The summed E-state index contributed by atoms with van der Waals surface area (Å²) in [7, 11) is 0. The van der Waals surface area contributed by atoms with Crippen molar-refractivity contribution in [2.24, 2.45) is 0 Å². The maximum Gasteiger partial charge on any atom is 0.293 e. The number of nitrogens with zero attached hydrogens (tertiary/aromatic N) is 1. The summed E-state index contributed by atoms with van der Waals surface area (Å²) < 4.78 is 5.04. The van der Waals surface area contributed by atoms with Crippen LogP contribution in [0.15, 0.2) is 41.0 Å². The molecule has 1 aromatic heterocycles. The Labute approximate surface area is 137 Å². The van der Waals surface area contributed by atoms with Gasteiger partial charge in [0.1, 0.15) is 17.6 Å². The quantitative estimate of drug-likeness (QED) is 0.529. The largest absolute Gasteiger partial charge is 0.467 e. The fourth-order valence-corrected chi connectivity index (χ4v) is 2.27. The number of carbonyl (C=O) groups excluding carboxylic acids is 1. The van der Waals surface area contributed by atoms with E-state index in [0.29, 0.717) is 11.4 Å². The first kappa shape index (κ1) is 16.0. The zero-order valence-electron chi connectivity index (χ0n) is 12.8. The van der Waals surface area contributed by atoms with E-state index in [1.54, 1.807) is 12.1 Å². The summed E-state index contributed by atoms with van der Waals surface area (Å²) in [6.45, 7) is -0.0534. The van der Waals surface area contributed by atoms with Gasteiger partial charge in [-0.2, -0.15) is 0 Å². The summed E-state index contributed by atoms with van der Waals surface area (Å²) in [6.07, 6.45) is 2.43. The van der Waals surface area contributed by atoms with Gasteiger partial charge in [-0.15, -0.1) is 0 Å². The molecule has 1 aromatic carbocycles. The van der Waals surface area contributed by atoms with Crippen molar-refractivity contribution in [2.75, 3.05) is 11.9 Å². The molecule has 8 heteroatoms. The zero-order valence-corrected chi connectivity index (χ0v) is 12.8. The highest BCUT2D eigenvalue weighted by molar-refractivity contribution is 5.95. The topological polar surface area (TPSA) is 118 Å². The van der Waals surface area contributed by atoms with Gasteiger partial charge in [0, 0.05) is 17.7 Å². The number of aliphatic hydroxyl groups excluding tert-OH is 1. The van der Waals surface area contributed by atoms with E-state index >= 15 is 0 Å². The van der Waals surface area contributed by atoms with Crippen molar-refractivity contribution in [3.05, 3.63) is 58.0 Å². The van der Waals surface area contributed by atoms with Gasteiger partial charge < -0.3 is 20.2 Å². The Kier molecular flexibility index (Phi) is 4.48. The van der Waals surface area contributed by atoms with Crippen LogP contribution in [0.25, 0.3) is 0 Å². The number of hydrogen-bond donors (Lipinski definition) is 3. The Morgan fingerprint density at radius 2 is 2.21 bits per heavy atom. The lowest BCUT2D eigenvalue weighted by atomic mass is 10.1. The van der Waals surface area contributed by atoms with Gasteiger partial charge in [0.05, 0.1) is 17.7 Å². The zero-order chi connectivity index (χ0) is 17.1. The van der Waals surface area contributed by atoms with Crippen LogP contribution >= 0.6 is 0 Å². The van der Waals surface area contributed by atoms with E-state index < -0.39 is 16.9 Å². The molecule has 126 valence electrons. The molecule has 1 aliphatic rings. The van der Waals surface area contributed by atoms with Crippen LogP contribution in [0.3, 0.4) is 0 Å². The first-order chi connectivity index (χ1) is 11.5. The predicted molar refractivity (Wildman–Crippen MR) is 85.7 cm³/mol. The first-order valence-corrected chi connectivity index (χ1v) is 7.59. The fourth-order valence-electron chi connectivity index (χ4n) is 2.27. The van der Waals surface area contributed by atoms with Crippen LogP contribution in [0, 0.1) is 10.1 Å². The molecule has 3 N–H and O–H groups in total. The number of nitrogens with one attached hydrogen (secondary N) is 2. The van der Waals surface area contributed by atoms with Gasteiger partial charge in [0.2, 0.25) is 0 Å². The maximum atomic E-state index is 12.1. The molecule has 0 radical (unpaired) electrons. The number of furan rings is 1. The summed E-state index contributed by atoms with van der Waals surface area (Å²) >= 11 is 0. The van der Waals surface area contributed by atoms with Gasteiger partial charge in [-0.25, -0.2) is 0 Å². The number of amides is 1. The van der Waals surface area contributed by atoms with E-state index in [9.17, 15) is 20.0 Å². The number of aliphatic hydroxyl groups is 1. The van der Waals surface area contributed by atoms with E-state index in [1.807, 2.05) is 0 Å². The molecule has 8 nitrogen and oxygen atoms in total. The Balaban J connectivity index is 1.67. The Hall–Kier alpha value is -2.87. The minimum atomic E-state index is -0.977. The highest BCUT2D eigenvalue weighted by Crippen LogP contribution is 2.31. The molecular weight excluding hydrogens is 314 g/mol. The number of hydrogen-bond acceptors (Lipinski definition) is 6. The minimum Gasteiger partial charge on any atom is -0.467 e. The Morgan fingerprint density at radius 3 is 2.83 bits per heavy atom. The van der Waals surface area contributed by atoms with Crippen LogP contribution in [-0.4, -0.2) is 28.5 Å². The molecule has 0 spiro atoms. The molecule has 1 aliphatic carbocycles. The van der Waals surface area contributed by atoms with E-state index in [2.05, 4.69) is 10.6 Å². The van der Waals surface area contributed by atoms with Crippen molar-refractivity contribution in [3.63, 3.8) is 0 Å². The number of rotatable bonds is 7. The van der Waals surface area contributed by atoms with Gasteiger partial charge in [-0.3, -0.25) is 14.9 Å². The molecule has 0 aliphatic heterocycles. The third kappa shape index (κ3) is 3.72. The molecule has 1 amide bonds. The lowest BCUT2D eigenvalue weighted by molar-refractivity contribution is -0.384. The van der Waals surface area contributed by atoms with Gasteiger partial charge in [0.15, 0.2) is 0 Å². The normalized spacial score (nSPS) is 14.9. The summed E-state index contributed by atoms with van der Waals surface area (Å²) in [5.41, 5.74) is 0.436. The SMILES string of the molecule is O=C(NCC(O)c1ccco1)c1ccc(NC2CC2)c([N+](=O)[O-])c1. The second kappa shape index (κ2) is 6.71. The molecule has 1 unspecified atom stereocenters. The van der Waals surface area contributed by atoms with Crippen molar-refractivity contribution >= 4 is 17.3 Å². The van der Waals surface area contributed by atoms with Gasteiger partial charge in [0.25, 0.3) is 11.6 Å². The maximum absolute atomic E-state index is 12.1. The van der Waals surface area contributed by atoms with Crippen LogP contribution in [0.5, 0.6) is 0 Å². The Bertz CT molecular complexity index is 740. The monoisotopic (exact) mass is 331 g/mol.